The first-order valence-corrected chi connectivity index (χ1v) is 7.59. The van der Waals surface area contributed by atoms with Crippen LogP contribution in [-0.4, -0.2) is 41.8 Å². The molecule has 20 heavy (non-hydrogen) atoms. The van der Waals surface area contributed by atoms with Gasteiger partial charge in [0, 0.05) is 19.2 Å². The van der Waals surface area contributed by atoms with E-state index in [0.717, 1.165) is 25.7 Å². The maximum atomic E-state index is 12.2. The Kier molecular flexibility index (Phi) is 6.87. The molecule has 0 aromatic carbocycles. The lowest BCUT2D eigenvalue weighted by Crippen LogP contribution is -2.45. The quantitative estimate of drug-likeness (QED) is 0.555. The summed E-state index contributed by atoms with van der Waals surface area (Å²) >= 11 is 0. The van der Waals surface area contributed by atoms with E-state index < -0.39 is 0 Å². The van der Waals surface area contributed by atoms with E-state index in [0.29, 0.717) is 19.1 Å². The standard InChI is InChI=1S/C16H28N2O2/c1-4-12-18(14-8-5-6-9-14)15(20)17-11-7-10-16(2,3)13-19/h1,14,19H,5-13H2,2-3H3,(H,17,20). The van der Waals surface area contributed by atoms with Crippen LogP contribution in [0.15, 0.2) is 0 Å². The molecule has 0 unspecified atom stereocenters. The second-order valence-electron chi connectivity index (χ2n) is 6.43. The van der Waals surface area contributed by atoms with Crippen molar-refractivity contribution in [2.24, 2.45) is 5.41 Å². The van der Waals surface area contributed by atoms with Crippen LogP contribution in [-0.2, 0) is 0 Å². The third-order valence-electron chi connectivity index (χ3n) is 4.02. The van der Waals surface area contributed by atoms with Gasteiger partial charge in [0.25, 0.3) is 0 Å². The van der Waals surface area contributed by atoms with Crippen molar-refractivity contribution in [3.63, 3.8) is 0 Å². The molecule has 0 aromatic rings. The Morgan fingerprint density at radius 1 is 1.45 bits per heavy atom. The number of nitrogens with zero attached hydrogens (tertiary/aromatic N) is 1. The predicted octanol–water partition coefficient (Wildman–Crippen LogP) is 2.37. The molecule has 1 aliphatic carbocycles. The highest BCUT2D eigenvalue weighted by molar-refractivity contribution is 5.74. The van der Waals surface area contributed by atoms with Crippen molar-refractivity contribution < 1.29 is 9.90 Å². The van der Waals surface area contributed by atoms with Crippen molar-refractivity contribution in [2.75, 3.05) is 19.7 Å². The molecule has 1 rings (SSSR count). The van der Waals surface area contributed by atoms with Crippen molar-refractivity contribution in [3.8, 4) is 12.3 Å². The maximum absolute atomic E-state index is 12.2. The number of terminal acetylenes is 1. The number of urea groups is 1. The summed E-state index contributed by atoms with van der Waals surface area (Å²) in [5, 5.41) is 12.1. The lowest BCUT2D eigenvalue weighted by atomic mass is 9.89. The number of carbonyl (C=O) groups excluding carboxylic acids is 1. The zero-order valence-electron chi connectivity index (χ0n) is 12.8. The molecule has 4 heteroatoms. The van der Waals surface area contributed by atoms with Gasteiger partial charge >= 0.3 is 6.03 Å². The van der Waals surface area contributed by atoms with Crippen LogP contribution in [0.5, 0.6) is 0 Å². The van der Waals surface area contributed by atoms with Crippen LogP contribution in [0.4, 0.5) is 4.79 Å². The summed E-state index contributed by atoms with van der Waals surface area (Å²) in [6.45, 7) is 5.25. The molecule has 1 fully saturated rings. The monoisotopic (exact) mass is 280 g/mol. The second kappa shape index (κ2) is 8.16. The number of nitrogens with one attached hydrogen (secondary N) is 1. The molecule has 114 valence electrons. The molecule has 2 amide bonds. The van der Waals surface area contributed by atoms with Gasteiger partial charge in [0.15, 0.2) is 0 Å². The second-order valence-corrected chi connectivity index (χ2v) is 6.43. The lowest BCUT2D eigenvalue weighted by molar-refractivity contribution is 0.147. The fourth-order valence-electron chi connectivity index (χ4n) is 2.62. The summed E-state index contributed by atoms with van der Waals surface area (Å²) in [6.07, 6.45) is 11.6. The Bertz CT molecular complexity index is 341. The first-order chi connectivity index (χ1) is 9.50. The fraction of sp³-hybridized carbons (Fsp3) is 0.812. The zero-order chi connectivity index (χ0) is 15.0. The number of aliphatic hydroxyl groups excluding tert-OH is 1. The van der Waals surface area contributed by atoms with Crippen LogP contribution >= 0.6 is 0 Å². The van der Waals surface area contributed by atoms with Gasteiger partial charge in [-0.1, -0.05) is 32.6 Å². The Labute approximate surface area is 122 Å². The van der Waals surface area contributed by atoms with Gasteiger partial charge in [0.2, 0.25) is 0 Å². The van der Waals surface area contributed by atoms with E-state index in [1.54, 1.807) is 4.90 Å². The van der Waals surface area contributed by atoms with Crippen LogP contribution in [0, 0.1) is 17.8 Å². The molecule has 0 aliphatic heterocycles. The van der Waals surface area contributed by atoms with E-state index in [1.807, 2.05) is 13.8 Å². The molecule has 0 atom stereocenters. The van der Waals surface area contributed by atoms with Crippen molar-refractivity contribution in [1.29, 1.82) is 0 Å². The normalized spacial score (nSPS) is 15.9. The van der Waals surface area contributed by atoms with Crippen molar-refractivity contribution in [1.82, 2.24) is 10.2 Å². The molecule has 0 spiro atoms. The van der Waals surface area contributed by atoms with Gasteiger partial charge in [-0.15, -0.1) is 6.42 Å². The third kappa shape index (κ3) is 5.42. The number of hydrogen-bond donors (Lipinski definition) is 2. The topological polar surface area (TPSA) is 52.6 Å². The Morgan fingerprint density at radius 2 is 2.10 bits per heavy atom. The highest BCUT2D eigenvalue weighted by Gasteiger charge is 2.25. The predicted molar refractivity (Wildman–Crippen MR) is 81.3 cm³/mol. The van der Waals surface area contributed by atoms with Crippen LogP contribution in [0.2, 0.25) is 0 Å². The Hall–Kier alpha value is -1.21. The number of hydrogen-bond acceptors (Lipinski definition) is 2. The summed E-state index contributed by atoms with van der Waals surface area (Å²) in [7, 11) is 0. The average Bonchev–Trinajstić information content (AvgIpc) is 2.94. The Morgan fingerprint density at radius 3 is 2.65 bits per heavy atom. The molecule has 0 aromatic heterocycles. The number of amides is 2. The first-order valence-electron chi connectivity index (χ1n) is 7.59. The van der Waals surface area contributed by atoms with Crippen LogP contribution in [0.1, 0.15) is 52.4 Å². The summed E-state index contributed by atoms with van der Waals surface area (Å²) < 4.78 is 0. The SMILES string of the molecule is C#CCN(C(=O)NCCCC(C)(C)CO)C1CCCC1. The van der Waals surface area contributed by atoms with E-state index in [9.17, 15) is 9.90 Å². The van der Waals surface area contributed by atoms with Gasteiger partial charge in [-0.2, -0.15) is 0 Å². The van der Waals surface area contributed by atoms with Gasteiger partial charge in [-0.3, -0.25) is 0 Å². The lowest BCUT2D eigenvalue weighted by Gasteiger charge is -2.27. The van der Waals surface area contributed by atoms with E-state index in [1.165, 1.54) is 12.8 Å². The molecule has 0 heterocycles. The zero-order valence-corrected chi connectivity index (χ0v) is 12.8. The molecular weight excluding hydrogens is 252 g/mol. The van der Waals surface area contributed by atoms with Crippen LogP contribution in [0.25, 0.3) is 0 Å². The third-order valence-corrected chi connectivity index (χ3v) is 4.02. The van der Waals surface area contributed by atoms with E-state index in [4.69, 9.17) is 6.42 Å². The summed E-state index contributed by atoms with van der Waals surface area (Å²) in [5.74, 6) is 2.58. The van der Waals surface area contributed by atoms with Crippen LogP contribution < -0.4 is 5.32 Å². The molecule has 4 nitrogen and oxygen atoms in total. The summed E-state index contributed by atoms with van der Waals surface area (Å²) in [6, 6.07) is 0.261. The van der Waals surface area contributed by atoms with Gasteiger partial charge in [-0.25, -0.2) is 4.79 Å². The maximum Gasteiger partial charge on any atom is 0.318 e. The number of rotatable bonds is 7. The summed E-state index contributed by atoms with van der Waals surface area (Å²) in [5.41, 5.74) is -0.0747. The molecule has 0 bridgehead atoms. The number of carbonyl (C=O) groups is 1. The fourth-order valence-corrected chi connectivity index (χ4v) is 2.62. The first kappa shape index (κ1) is 16.8. The minimum absolute atomic E-state index is 0.0448. The minimum atomic E-state index is -0.0747. The smallest absolute Gasteiger partial charge is 0.318 e. The highest BCUT2D eigenvalue weighted by atomic mass is 16.3. The molecule has 1 saturated carbocycles. The van der Waals surface area contributed by atoms with Crippen molar-refractivity contribution in [3.05, 3.63) is 0 Å². The largest absolute Gasteiger partial charge is 0.396 e. The molecular formula is C16H28N2O2. The van der Waals surface area contributed by atoms with E-state index in [2.05, 4.69) is 11.2 Å². The highest BCUT2D eigenvalue weighted by Crippen LogP contribution is 2.23. The van der Waals surface area contributed by atoms with Gasteiger partial charge < -0.3 is 15.3 Å². The number of aliphatic hydroxyl groups is 1. The minimum Gasteiger partial charge on any atom is -0.396 e. The van der Waals surface area contributed by atoms with Gasteiger partial charge in [0.05, 0.1) is 6.54 Å². The van der Waals surface area contributed by atoms with Gasteiger partial charge in [-0.05, 0) is 31.1 Å². The van der Waals surface area contributed by atoms with E-state index >= 15 is 0 Å². The van der Waals surface area contributed by atoms with E-state index in [-0.39, 0.29) is 18.1 Å². The van der Waals surface area contributed by atoms with Crippen LogP contribution in [0.3, 0.4) is 0 Å². The van der Waals surface area contributed by atoms with Crippen molar-refractivity contribution in [2.45, 2.75) is 58.4 Å². The molecule has 1 aliphatic rings. The molecule has 0 saturated heterocycles. The summed E-state index contributed by atoms with van der Waals surface area (Å²) in [4.78, 5) is 14.0. The molecule has 2 N–H and O–H groups in total. The van der Waals surface area contributed by atoms with Crippen molar-refractivity contribution >= 4 is 6.03 Å². The average molecular weight is 280 g/mol. The Balaban J connectivity index is 2.33. The van der Waals surface area contributed by atoms with Gasteiger partial charge in [0.1, 0.15) is 0 Å². The molecule has 0 radical (unpaired) electrons.